The average Bonchev–Trinajstić information content (AvgIpc) is 3.03. The van der Waals surface area contributed by atoms with Crippen LogP contribution in [0.1, 0.15) is 38.3 Å². The number of aliphatic hydroxyl groups is 1. The van der Waals surface area contributed by atoms with Crippen LogP contribution >= 0.6 is 0 Å². The lowest BCUT2D eigenvalue weighted by Gasteiger charge is -2.31. The molecule has 0 bridgehead atoms. The summed E-state index contributed by atoms with van der Waals surface area (Å²) in [6.07, 6.45) is -2.15. The van der Waals surface area contributed by atoms with Crippen LogP contribution in [0.15, 0.2) is 48.5 Å². The molecule has 3 rings (SSSR count). The van der Waals surface area contributed by atoms with E-state index in [4.69, 9.17) is 14.2 Å². The molecule has 0 aromatic heterocycles. The number of hydrogen-bond acceptors (Lipinski definition) is 6. The first-order valence-corrected chi connectivity index (χ1v) is 9.11. The Kier molecular flexibility index (Phi) is 5.93. The van der Waals surface area contributed by atoms with Gasteiger partial charge in [-0.3, -0.25) is 4.79 Å². The van der Waals surface area contributed by atoms with Gasteiger partial charge in [0.1, 0.15) is 12.7 Å². The first-order chi connectivity index (χ1) is 13.4. The van der Waals surface area contributed by atoms with Gasteiger partial charge in [-0.2, -0.15) is 0 Å². The smallest absolute Gasteiger partial charge is 0.338 e. The maximum absolute atomic E-state index is 13.3. The van der Waals surface area contributed by atoms with Crippen molar-refractivity contribution in [3.63, 3.8) is 0 Å². The van der Waals surface area contributed by atoms with E-state index in [9.17, 15) is 14.7 Å². The van der Waals surface area contributed by atoms with Gasteiger partial charge in [-0.25, -0.2) is 4.79 Å². The number of carbonyl (C=O) groups is 2. The van der Waals surface area contributed by atoms with Gasteiger partial charge in [0.05, 0.1) is 5.56 Å². The van der Waals surface area contributed by atoms with E-state index in [1.165, 1.54) is 7.11 Å². The maximum atomic E-state index is 13.3. The van der Waals surface area contributed by atoms with Gasteiger partial charge in [-0.05, 0) is 31.0 Å². The van der Waals surface area contributed by atoms with Crippen molar-refractivity contribution < 1.29 is 28.9 Å². The lowest BCUT2D eigenvalue weighted by atomic mass is 9.84. The van der Waals surface area contributed by atoms with Crippen molar-refractivity contribution in [1.82, 2.24) is 0 Å². The van der Waals surface area contributed by atoms with Crippen molar-refractivity contribution in [3.8, 4) is 0 Å². The van der Waals surface area contributed by atoms with E-state index in [2.05, 4.69) is 0 Å². The van der Waals surface area contributed by atoms with Gasteiger partial charge in [0, 0.05) is 19.1 Å². The van der Waals surface area contributed by atoms with Crippen LogP contribution in [0, 0.1) is 13.8 Å². The summed E-state index contributed by atoms with van der Waals surface area (Å²) < 4.78 is 16.5. The minimum atomic E-state index is -1.43. The van der Waals surface area contributed by atoms with Crippen LogP contribution < -0.4 is 0 Å². The Bertz CT molecular complexity index is 877. The van der Waals surface area contributed by atoms with Gasteiger partial charge in [0.25, 0.3) is 0 Å². The van der Waals surface area contributed by atoms with Crippen molar-refractivity contribution >= 4 is 11.8 Å². The molecule has 1 N–H and O–H groups in total. The molecule has 28 heavy (non-hydrogen) atoms. The molecule has 148 valence electrons. The van der Waals surface area contributed by atoms with Crippen molar-refractivity contribution in [3.05, 3.63) is 70.8 Å². The van der Waals surface area contributed by atoms with Gasteiger partial charge < -0.3 is 19.3 Å². The molecule has 1 saturated heterocycles. The summed E-state index contributed by atoms with van der Waals surface area (Å²) in [5, 5.41) is 10.1. The third-order valence-corrected chi connectivity index (χ3v) is 5.19. The Labute approximate surface area is 164 Å². The molecule has 0 aliphatic carbocycles. The van der Waals surface area contributed by atoms with Crippen molar-refractivity contribution in [2.75, 3.05) is 13.7 Å². The van der Waals surface area contributed by atoms with E-state index in [1.54, 1.807) is 24.3 Å². The van der Waals surface area contributed by atoms with Crippen LogP contribution in [0.5, 0.6) is 0 Å². The number of methoxy groups -OCH3 is 1. The minimum Gasteiger partial charge on any atom is -0.459 e. The van der Waals surface area contributed by atoms with Gasteiger partial charge in [-0.15, -0.1) is 0 Å². The highest BCUT2D eigenvalue weighted by molar-refractivity contribution is 6.04. The van der Waals surface area contributed by atoms with Crippen LogP contribution in [0.3, 0.4) is 0 Å². The Morgan fingerprint density at radius 1 is 1.07 bits per heavy atom. The molecule has 1 aliphatic heterocycles. The van der Waals surface area contributed by atoms with Gasteiger partial charge in [0.2, 0.25) is 0 Å². The van der Waals surface area contributed by atoms with Gasteiger partial charge >= 0.3 is 5.97 Å². The molecule has 0 saturated carbocycles. The molecule has 6 nitrogen and oxygen atoms in total. The van der Waals surface area contributed by atoms with Crippen molar-refractivity contribution in [2.24, 2.45) is 0 Å². The van der Waals surface area contributed by atoms with E-state index < -0.39 is 24.0 Å². The molecule has 0 amide bonds. The molecule has 3 atom stereocenters. The zero-order chi connectivity index (χ0) is 20.3. The number of esters is 1. The molecule has 2 aromatic carbocycles. The predicted molar refractivity (Wildman–Crippen MR) is 102 cm³/mol. The number of rotatable bonds is 6. The predicted octanol–water partition coefficient (Wildman–Crippen LogP) is 2.84. The monoisotopic (exact) mass is 384 g/mol. The second-order valence-corrected chi connectivity index (χ2v) is 6.93. The van der Waals surface area contributed by atoms with Crippen LogP contribution in [0.4, 0.5) is 0 Å². The van der Waals surface area contributed by atoms with Crippen LogP contribution in [0.2, 0.25) is 0 Å². The third kappa shape index (κ3) is 3.71. The molecule has 1 heterocycles. The summed E-state index contributed by atoms with van der Waals surface area (Å²) in [5.41, 5.74) is 1.07. The SMILES string of the molecule is CO[C@]1(C(=O)c2ccccc2C)C[C@@H](O)O[C@H]1COC(=O)c1ccccc1C. The van der Waals surface area contributed by atoms with E-state index in [-0.39, 0.29) is 18.8 Å². The number of ether oxygens (including phenoxy) is 3. The Morgan fingerprint density at radius 2 is 1.64 bits per heavy atom. The topological polar surface area (TPSA) is 82.1 Å². The lowest BCUT2D eigenvalue weighted by molar-refractivity contribution is -0.120. The standard InChI is InChI=1S/C22H24O6/c1-14-8-4-6-10-16(14)20(24)22(26-3)12-19(23)28-18(22)13-27-21(25)17-11-7-5-9-15(17)2/h4-11,18-19,23H,12-13H2,1-3H3/t18-,19-,22+/m0/s1. The fourth-order valence-corrected chi connectivity index (χ4v) is 3.55. The second kappa shape index (κ2) is 8.22. The fraction of sp³-hybridized carbons (Fsp3) is 0.364. The van der Waals surface area contributed by atoms with E-state index in [0.29, 0.717) is 11.1 Å². The molecule has 0 unspecified atom stereocenters. The van der Waals surface area contributed by atoms with E-state index in [1.807, 2.05) is 38.1 Å². The Morgan fingerprint density at radius 3 is 2.21 bits per heavy atom. The molecule has 1 fully saturated rings. The minimum absolute atomic E-state index is 0.0384. The van der Waals surface area contributed by atoms with Crippen molar-refractivity contribution in [1.29, 1.82) is 0 Å². The number of carbonyl (C=O) groups excluding carboxylic acids is 2. The van der Waals surface area contributed by atoms with E-state index in [0.717, 1.165) is 11.1 Å². The highest BCUT2D eigenvalue weighted by Gasteiger charge is 2.55. The molecule has 0 radical (unpaired) electrons. The molecule has 0 spiro atoms. The largest absolute Gasteiger partial charge is 0.459 e. The second-order valence-electron chi connectivity index (χ2n) is 6.93. The number of ketones is 1. The number of benzene rings is 2. The normalized spacial score (nSPS) is 24.1. The lowest BCUT2D eigenvalue weighted by Crippen LogP contribution is -2.50. The molecular weight excluding hydrogens is 360 g/mol. The average molecular weight is 384 g/mol. The molecule has 2 aromatic rings. The van der Waals surface area contributed by atoms with Crippen LogP contribution in [0.25, 0.3) is 0 Å². The highest BCUT2D eigenvalue weighted by Crippen LogP contribution is 2.37. The molecule has 6 heteroatoms. The quantitative estimate of drug-likeness (QED) is 0.609. The summed E-state index contributed by atoms with van der Waals surface area (Å²) in [6.45, 7) is 3.43. The third-order valence-electron chi connectivity index (χ3n) is 5.19. The van der Waals surface area contributed by atoms with Crippen LogP contribution in [-0.2, 0) is 14.2 Å². The number of aliphatic hydroxyl groups excluding tert-OH is 1. The zero-order valence-corrected chi connectivity index (χ0v) is 16.2. The molecular formula is C22H24O6. The molecule has 1 aliphatic rings. The fourth-order valence-electron chi connectivity index (χ4n) is 3.55. The van der Waals surface area contributed by atoms with Gasteiger partial charge in [0.15, 0.2) is 17.7 Å². The zero-order valence-electron chi connectivity index (χ0n) is 16.2. The summed E-state index contributed by atoms with van der Waals surface area (Å²) in [4.78, 5) is 25.7. The number of aryl methyl sites for hydroxylation is 2. The van der Waals surface area contributed by atoms with E-state index >= 15 is 0 Å². The van der Waals surface area contributed by atoms with Gasteiger partial charge in [-0.1, -0.05) is 42.5 Å². The van der Waals surface area contributed by atoms with Crippen LogP contribution in [-0.4, -0.2) is 48.6 Å². The first-order valence-electron chi connectivity index (χ1n) is 9.11. The number of Topliss-reactive ketones (excluding diaryl/α,β-unsaturated/α-hetero) is 1. The first kappa shape index (κ1) is 20.2. The summed E-state index contributed by atoms with van der Waals surface area (Å²) >= 11 is 0. The Balaban J connectivity index is 1.83. The Hall–Kier alpha value is -2.54. The highest BCUT2D eigenvalue weighted by atomic mass is 16.7. The number of hydrogen-bond donors (Lipinski definition) is 1. The summed E-state index contributed by atoms with van der Waals surface area (Å²) in [6, 6.07) is 14.2. The van der Waals surface area contributed by atoms with Crippen molar-refractivity contribution in [2.45, 2.75) is 38.3 Å². The maximum Gasteiger partial charge on any atom is 0.338 e. The summed E-state index contributed by atoms with van der Waals surface area (Å²) in [7, 11) is 1.40. The summed E-state index contributed by atoms with van der Waals surface area (Å²) in [5.74, 6) is -0.821.